The summed E-state index contributed by atoms with van der Waals surface area (Å²) in [6, 6.07) is 1.80. The highest BCUT2D eigenvalue weighted by Crippen LogP contribution is 2.35. The van der Waals surface area contributed by atoms with Crippen LogP contribution in [0.2, 0.25) is 0 Å². The van der Waals surface area contributed by atoms with Gasteiger partial charge in [-0.05, 0) is 6.07 Å². The quantitative estimate of drug-likeness (QED) is 0.854. The summed E-state index contributed by atoms with van der Waals surface area (Å²) in [5, 5.41) is 8.47. The molecule has 18 heavy (non-hydrogen) atoms. The molecule has 98 valence electrons. The van der Waals surface area contributed by atoms with Crippen LogP contribution >= 0.6 is 0 Å². The summed E-state index contributed by atoms with van der Waals surface area (Å²) in [5.41, 5.74) is 2.12. The average molecular weight is 265 g/mol. The lowest BCUT2D eigenvalue weighted by Gasteiger charge is -2.15. The molecule has 1 rings (SSSR count). The lowest BCUT2D eigenvalue weighted by molar-refractivity contribution is -0.138. The van der Waals surface area contributed by atoms with Gasteiger partial charge in [0.15, 0.2) is 0 Å². The van der Waals surface area contributed by atoms with Crippen LogP contribution in [0.3, 0.4) is 0 Å². The maximum atomic E-state index is 12.7. The molecule has 0 saturated heterocycles. The standard InChI is InChI=1S/C10H8F5N3/c11-9(12)7-3-6(10(13,14)15)5(1-2-16)8(4-17)18-7/h3,9H,1,4,17H2. The number of nitrogens with two attached hydrogens (primary N) is 1. The second-order valence-electron chi connectivity index (χ2n) is 3.36. The number of alkyl halides is 5. The van der Waals surface area contributed by atoms with Crippen LogP contribution in [-0.4, -0.2) is 4.98 Å². The van der Waals surface area contributed by atoms with Crippen LogP contribution in [0.15, 0.2) is 6.07 Å². The minimum atomic E-state index is -4.83. The van der Waals surface area contributed by atoms with E-state index in [1.54, 1.807) is 0 Å². The third kappa shape index (κ3) is 2.92. The van der Waals surface area contributed by atoms with E-state index >= 15 is 0 Å². The molecule has 0 radical (unpaired) electrons. The minimum Gasteiger partial charge on any atom is -0.325 e. The zero-order valence-electron chi connectivity index (χ0n) is 8.93. The first kappa shape index (κ1) is 14.3. The van der Waals surface area contributed by atoms with Crippen LogP contribution in [0.4, 0.5) is 22.0 Å². The SMILES string of the molecule is N#CCc1c(C(F)(F)F)cc(C(F)F)nc1CN. The third-order valence-corrected chi connectivity index (χ3v) is 2.21. The number of nitriles is 1. The summed E-state index contributed by atoms with van der Waals surface area (Å²) in [6.45, 7) is -0.444. The van der Waals surface area contributed by atoms with Crippen molar-refractivity contribution in [3.63, 3.8) is 0 Å². The number of aromatic nitrogens is 1. The van der Waals surface area contributed by atoms with E-state index in [0.717, 1.165) is 0 Å². The van der Waals surface area contributed by atoms with Gasteiger partial charge >= 0.3 is 6.18 Å². The Hall–Kier alpha value is -1.75. The predicted molar refractivity (Wildman–Crippen MR) is 51.4 cm³/mol. The Morgan fingerprint density at radius 2 is 2.00 bits per heavy atom. The first-order chi connectivity index (χ1) is 8.31. The van der Waals surface area contributed by atoms with Gasteiger partial charge in [-0.1, -0.05) is 0 Å². The Kier molecular flexibility index (Phi) is 4.19. The van der Waals surface area contributed by atoms with E-state index < -0.39 is 42.4 Å². The van der Waals surface area contributed by atoms with Gasteiger partial charge < -0.3 is 5.73 Å². The van der Waals surface area contributed by atoms with E-state index in [1.807, 2.05) is 0 Å². The van der Waals surface area contributed by atoms with E-state index in [4.69, 9.17) is 11.0 Å². The summed E-state index contributed by atoms with van der Waals surface area (Å²) in [7, 11) is 0. The van der Waals surface area contributed by atoms with Gasteiger partial charge in [-0.25, -0.2) is 8.78 Å². The molecule has 0 spiro atoms. The van der Waals surface area contributed by atoms with E-state index in [0.29, 0.717) is 0 Å². The molecular weight excluding hydrogens is 257 g/mol. The molecule has 0 aliphatic heterocycles. The smallest absolute Gasteiger partial charge is 0.325 e. The molecule has 0 aromatic carbocycles. The minimum absolute atomic E-state index is 0.260. The zero-order chi connectivity index (χ0) is 13.9. The van der Waals surface area contributed by atoms with Crippen molar-refractivity contribution in [3.8, 4) is 6.07 Å². The van der Waals surface area contributed by atoms with Crippen molar-refractivity contribution in [1.82, 2.24) is 4.98 Å². The Bertz CT molecular complexity index is 476. The lowest BCUT2D eigenvalue weighted by atomic mass is 10.0. The maximum absolute atomic E-state index is 12.7. The fourth-order valence-electron chi connectivity index (χ4n) is 1.46. The predicted octanol–water partition coefficient (Wildman–Crippen LogP) is 2.56. The molecule has 0 fully saturated rings. The van der Waals surface area contributed by atoms with Crippen molar-refractivity contribution in [1.29, 1.82) is 5.26 Å². The number of pyridine rings is 1. The fourth-order valence-corrected chi connectivity index (χ4v) is 1.46. The highest BCUT2D eigenvalue weighted by atomic mass is 19.4. The van der Waals surface area contributed by atoms with Gasteiger partial charge in [-0.15, -0.1) is 0 Å². The van der Waals surface area contributed by atoms with Gasteiger partial charge in [0, 0.05) is 12.1 Å². The second kappa shape index (κ2) is 5.27. The first-order valence-corrected chi connectivity index (χ1v) is 4.76. The Morgan fingerprint density at radius 1 is 1.39 bits per heavy atom. The number of hydrogen-bond acceptors (Lipinski definition) is 3. The Labute approximate surface area is 99.0 Å². The molecule has 0 aliphatic carbocycles. The molecule has 0 aliphatic rings. The van der Waals surface area contributed by atoms with Gasteiger partial charge in [0.1, 0.15) is 5.69 Å². The van der Waals surface area contributed by atoms with Gasteiger partial charge in [-0.2, -0.15) is 18.4 Å². The van der Waals surface area contributed by atoms with Crippen LogP contribution in [0.25, 0.3) is 0 Å². The van der Waals surface area contributed by atoms with Gasteiger partial charge in [-0.3, -0.25) is 4.98 Å². The second-order valence-corrected chi connectivity index (χ2v) is 3.36. The topological polar surface area (TPSA) is 62.7 Å². The molecule has 1 aromatic rings. The molecule has 1 aromatic heterocycles. The van der Waals surface area contributed by atoms with E-state index in [1.165, 1.54) is 6.07 Å². The Morgan fingerprint density at radius 3 is 2.39 bits per heavy atom. The monoisotopic (exact) mass is 265 g/mol. The van der Waals surface area contributed by atoms with Crippen LogP contribution in [0, 0.1) is 11.3 Å². The number of nitrogens with zero attached hydrogens (tertiary/aromatic N) is 2. The van der Waals surface area contributed by atoms with Crippen molar-refractivity contribution in [3.05, 3.63) is 28.6 Å². The highest BCUT2D eigenvalue weighted by Gasteiger charge is 2.36. The summed E-state index contributed by atoms with van der Waals surface area (Å²) in [5.74, 6) is 0. The van der Waals surface area contributed by atoms with Crippen molar-refractivity contribution in [2.75, 3.05) is 0 Å². The summed E-state index contributed by atoms with van der Waals surface area (Å²) in [6.07, 6.45) is -8.55. The molecule has 3 nitrogen and oxygen atoms in total. The lowest BCUT2D eigenvalue weighted by Crippen LogP contribution is -2.16. The van der Waals surface area contributed by atoms with Crippen LogP contribution in [-0.2, 0) is 19.1 Å². The van der Waals surface area contributed by atoms with E-state index in [-0.39, 0.29) is 11.8 Å². The number of hydrogen-bond donors (Lipinski definition) is 1. The molecule has 0 unspecified atom stereocenters. The largest absolute Gasteiger partial charge is 0.416 e. The van der Waals surface area contributed by atoms with Gasteiger partial charge in [0.2, 0.25) is 0 Å². The molecule has 2 N–H and O–H groups in total. The summed E-state index contributed by atoms with van der Waals surface area (Å²) < 4.78 is 63.0. The number of rotatable bonds is 3. The highest BCUT2D eigenvalue weighted by molar-refractivity contribution is 5.37. The number of halogens is 5. The average Bonchev–Trinajstić information content (AvgIpc) is 2.27. The maximum Gasteiger partial charge on any atom is 0.416 e. The van der Waals surface area contributed by atoms with Gasteiger partial charge in [0.05, 0.1) is 23.7 Å². The Balaban J connectivity index is 3.53. The van der Waals surface area contributed by atoms with Gasteiger partial charge in [0.25, 0.3) is 6.43 Å². The normalized spacial score (nSPS) is 11.7. The molecule has 0 bridgehead atoms. The van der Waals surface area contributed by atoms with Crippen molar-refractivity contribution < 1.29 is 22.0 Å². The van der Waals surface area contributed by atoms with E-state index in [2.05, 4.69) is 4.98 Å². The van der Waals surface area contributed by atoms with Crippen LogP contribution in [0.5, 0.6) is 0 Å². The van der Waals surface area contributed by atoms with Crippen molar-refractivity contribution in [2.24, 2.45) is 5.73 Å². The van der Waals surface area contributed by atoms with Crippen LogP contribution < -0.4 is 5.73 Å². The van der Waals surface area contributed by atoms with Crippen molar-refractivity contribution in [2.45, 2.75) is 25.6 Å². The van der Waals surface area contributed by atoms with Crippen LogP contribution in [0.1, 0.15) is 28.9 Å². The third-order valence-electron chi connectivity index (χ3n) is 2.21. The molecule has 0 saturated carbocycles. The fraction of sp³-hybridized carbons (Fsp3) is 0.400. The summed E-state index contributed by atoms with van der Waals surface area (Å²) in [4.78, 5) is 3.36. The van der Waals surface area contributed by atoms with Crippen molar-refractivity contribution >= 4 is 0 Å². The zero-order valence-corrected chi connectivity index (χ0v) is 8.93. The molecule has 1 heterocycles. The molecule has 8 heteroatoms. The van der Waals surface area contributed by atoms with E-state index in [9.17, 15) is 22.0 Å². The molecule has 0 atom stereocenters. The first-order valence-electron chi connectivity index (χ1n) is 4.76. The molecular formula is C10H8F5N3. The molecule has 0 amide bonds. The summed E-state index contributed by atoms with van der Waals surface area (Å²) >= 11 is 0.